The summed E-state index contributed by atoms with van der Waals surface area (Å²) in [5.41, 5.74) is 2.56. The topological polar surface area (TPSA) is 43.4 Å². The summed E-state index contributed by atoms with van der Waals surface area (Å²) in [5.74, 6) is -0.766. The van der Waals surface area contributed by atoms with Crippen molar-refractivity contribution < 1.29 is 14.3 Å². The van der Waals surface area contributed by atoms with Crippen LogP contribution in [0.4, 0.5) is 0 Å². The molecule has 0 unspecified atom stereocenters. The smallest absolute Gasteiger partial charge is 0.331 e. The standard InChI is InChI=1S/C19H17BrO3/c1-13-3-5-15(6-4-13)7-12-18(21)23-14(2)19(22)16-8-10-17(20)11-9-16/h3-12,14H,1-2H3/b12-7+/t14-/m1/s1. The number of hydrogen-bond acceptors (Lipinski definition) is 3. The van der Waals surface area contributed by atoms with Gasteiger partial charge in [-0.05, 0) is 37.6 Å². The first kappa shape index (κ1) is 17.2. The Morgan fingerprint density at radius 1 is 1.04 bits per heavy atom. The van der Waals surface area contributed by atoms with Crippen molar-refractivity contribution in [2.75, 3.05) is 0 Å². The molecule has 0 bridgehead atoms. The van der Waals surface area contributed by atoms with Crippen LogP contribution in [0.3, 0.4) is 0 Å². The lowest BCUT2D eigenvalue weighted by molar-refractivity contribution is -0.140. The first-order valence-corrected chi connectivity index (χ1v) is 8.00. The Kier molecular flexibility index (Phi) is 5.88. The van der Waals surface area contributed by atoms with Crippen LogP contribution in [-0.4, -0.2) is 17.9 Å². The molecule has 23 heavy (non-hydrogen) atoms. The quantitative estimate of drug-likeness (QED) is 0.438. The fraction of sp³-hybridized carbons (Fsp3) is 0.158. The highest BCUT2D eigenvalue weighted by Gasteiger charge is 2.18. The summed E-state index contributed by atoms with van der Waals surface area (Å²) in [6.45, 7) is 3.57. The number of hydrogen-bond donors (Lipinski definition) is 0. The number of halogens is 1. The monoisotopic (exact) mass is 372 g/mol. The van der Waals surface area contributed by atoms with Gasteiger partial charge >= 0.3 is 5.97 Å². The maximum absolute atomic E-state index is 12.2. The van der Waals surface area contributed by atoms with Gasteiger partial charge in [0.1, 0.15) is 0 Å². The van der Waals surface area contributed by atoms with Gasteiger partial charge in [-0.1, -0.05) is 57.9 Å². The Morgan fingerprint density at radius 2 is 1.65 bits per heavy atom. The van der Waals surface area contributed by atoms with E-state index in [2.05, 4.69) is 15.9 Å². The van der Waals surface area contributed by atoms with Gasteiger partial charge in [-0.25, -0.2) is 4.79 Å². The van der Waals surface area contributed by atoms with Crippen molar-refractivity contribution in [1.29, 1.82) is 0 Å². The molecular formula is C19H17BrO3. The lowest BCUT2D eigenvalue weighted by atomic mass is 10.1. The number of esters is 1. The number of carbonyl (C=O) groups excluding carboxylic acids is 2. The van der Waals surface area contributed by atoms with E-state index in [1.807, 2.05) is 31.2 Å². The highest BCUT2D eigenvalue weighted by molar-refractivity contribution is 9.10. The van der Waals surface area contributed by atoms with Crippen LogP contribution in [0, 0.1) is 6.92 Å². The van der Waals surface area contributed by atoms with Gasteiger partial charge in [0.2, 0.25) is 5.78 Å². The normalized spacial score (nSPS) is 12.1. The molecule has 0 saturated carbocycles. The molecular weight excluding hydrogens is 356 g/mol. The summed E-state index contributed by atoms with van der Waals surface area (Å²) >= 11 is 3.31. The van der Waals surface area contributed by atoms with E-state index in [1.54, 1.807) is 37.3 Å². The van der Waals surface area contributed by atoms with Gasteiger partial charge < -0.3 is 4.74 Å². The first-order chi connectivity index (χ1) is 11.0. The Bertz CT molecular complexity index is 715. The third kappa shape index (κ3) is 5.18. The molecule has 0 aliphatic rings. The van der Waals surface area contributed by atoms with Gasteiger partial charge in [0, 0.05) is 16.1 Å². The zero-order valence-corrected chi connectivity index (χ0v) is 14.5. The molecule has 1 atom stereocenters. The van der Waals surface area contributed by atoms with Crippen LogP contribution in [0.2, 0.25) is 0 Å². The number of Topliss-reactive ketones (excluding diaryl/α,β-unsaturated/α-hetero) is 1. The Hall–Kier alpha value is -2.20. The number of ketones is 1. The van der Waals surface area contributed by atoms with Crippen molar-refractivity contribution in [2.24, 2.45) is 0 Å². The van der Waals surface area contributed by atoms with E-state index in [0.29, 0.717) is 5.56 Å². The van der Waals surface area contributed by atoms with Crippen LogP contribution in [-0.2, 0) is 9.53 Å². The molecule has 0 aliphatic heterocycles. The van der Waals surface area contributed by atoms with E-state index in [4.69, 9.17) is 4.74 Å². The number of ether oxygens (including phenoxy) is 1. The van der Waals surface area contributed by atoms with E-state index in [9.17, 15) is 9.59 Å². The van der Waals surface area contributed by atoms with Gasteiger partial charge in [0.05, 0.1) is 0 Å². The lowest BCUT2D eigenvalue weighted by Crippen LogP contribution is -2.23. The molecule has 0 fully saturated rings. The van der Waals surface area contributed by atoms with Gasteiger partial charge in [-0.2, -0.15) is 0 Å². The van der Waals surface area contributed by atoms with Crippen molar-refractivity contribution in [2.45, 2.75) is 20.0 Å². The molecule has 0 aliphatic carbocycles. The molecule has 0 spiro atoms. The minimum absolute atomic E-state index is 0.227. The SMILES string of the molecule is Cc1ccc(/C=C/C(=O)O[C@H](C)C(=O)c2ccc(Br)cc2)cc1. The largest absolute Gasteiger partial charge is 0.451 e. The second-order valence-electron chi connectivity index (χ2n) is 5.19. The van der Waals surface area contributed by atoms with Crippen LogP contribution in [0.25, 0.3) is 6.08 Å². The summed E-state index contributed by atoms with van der Waals surface area (Å²) in [5, 5.41) is 0. The summed E-state index contributed by atoms with van der Waals surface area (Å²) in [6, 6.07) is 14.7. The van der Waals surface area contributed by atoms with Crippen molar-refractivity contribution in [3.05, 3.63) is 75.8 Å². The van der Waals surface area contributed by atoms with Crippen LogP contribution >= 0.6 is 15.9 Å². The molecule has 0 amide bonds. The zero-order valence-electron chi connectivity index (χ0n) is 13.0. The Labute approximate surface area is 144 Å². The van der Waals surface area contributed by atoms with Crippen molar-refractivity contribution in [1.82, 2.24) is 0 Å². The Balaban J connectivity index is 1.95. The highest BCUT2D eigenvalue weighted by Crippen LogP contribution is 2.13. The minimum atomic E-state index is -0.827. The molecule has 2 aromatic carbocycles. The van der Waals surface area contributed by atoms with Gasteiger partial charge in [-0.15, -0.1) is 0 Å². The highest BCUT2D eigenvalue weighted by atomic mass is 79.9. The summed E-state index contributed by atoms with van der Waals surface area (Å²) in [4.78, 5) is 24.0. The predicted octanol–water partition coefficient (Wildman–Crippen LogP) is 4.59. The maximum Gasteiger partial charge on any atom is 0.331 e. The van der Waals surface area contributed by atoms with Crippen LogP contribution in [0.1, 0.15) is 28.4 Å². The molecule has 2 rings (SSSR count). The average molecular weight is 373 g/mol. The number of carbonyl (C=O) groups is 2. The molecule has 0 aromatic heterocycles. The lowest BCUT2D eigenvalue weighted by Gasteiger charge is -2.10. The van der Waals surface area contributed by atoms with E-state index < -0.39 is 12.1 Å². The predicted molar refractivity (Wildman–Crippen MR) is 94.2 cm³/mol. The van der Waals surface area contributed by atoms with E-state index in [0.717, 1.165) is 15.6 Å². The fourth-order valence-electron chi connectivity index (χ4n) is 1.96. The number of aryl methyl sites for hydroxylation is 1. The second-order valence-corrected chi connectivity index (χ2v) is 6.11. The molecule has 118 valence electrons. The average Bonchev–Trinajstić information content (AvgIpc) is 2.54. The molecule has 0 N–H and O–H groups in total. The van der Waals surface area contributed by atoms with Gasteiger partial charge in [-0.3, -0.25) is 4.79 Å². The molecule has 0 radical (unpaired) electrons. The van der Waals surface area contributed by atoms with E-state index in [1.165, 1.54) is 6.08 Å². The molecule has 3 nitrogen and oxygen atoms in total. The minimum Gasteiger partial charge on any atom is -0.451 e. The summed E-state index contributed by atoms with van der Waals surface area (Å²) in [6.07, 6.45) is 2.17. The molecule has 2 aromatic rings. The number of rotatable bonds is 5. The third-order valence-corrected chi connectivity index (χ3v) is 3.81. The van der Waals surface area contributed by atoms with Crippen molar-refractivity contribution in [3.63, 3.8) is 0 Å². The second kappa shape index (κ2) is 7.88. The van der Waals surface area contributed by atoms with Crippen molar-refractivity contribution in [3.8, 4) is 0 Å². The molecule has 0 heterocycles. The molecule has 0 saturated heterocycles. The van der Waals surface area contributed by atoms with Crippen LogP contribution in [0.5, 0.6) is 0 Å². The first-order valence-electron chi connectivity index (χ1n) is 7.21. The summed E-state index contributed by atoms with van der Waals surface area (Å²) in [7, 11) is 0. The fourth-order valence-corrected chi connectivity index (χ4v) is 2.22. The summed E-state index contributed by atoms with van der Waals surface area (Å²) < 4.78 is 6.04. The molecule has 4 heteroatoms. The van der Waals surface area contributed by atoms with Crippen LogP contribution in [0.15, 0.2) is 59.1 Å². The number of benzene rings is 2. The zero-order chi connectivity index (χ0) is 16.8. The van der Waals surface area contributed by atoms with E-state index >= 15 is 0 Å². The van der Waals surface area contributed by atoms with Crippen molar-refractivity contribution >= 4 is 33.8 Å². The van der Waals surface area contributed by atoms with Gasteiger partial charge in [0.25, 0.3) is 0 Å². The maximum atomic E-state index is 12.2. The van der Waals surface area contributed by atoms with Crippen LogP contribution < -0.4 is 0 Å². The Morgan fingerprint density at radius 3 is 2.26 bits per heavy atom. The van der Waals surface area contributed by atoms with Gasteiger partial charge in [0.15, 0.2) is 6.10 Å². The van der Waals surface area contributed by atoms with E-state index in [-0.39, 0.29) is 5.78 Å². The third-order valence-electron chi connectivity index (χ3n) is 3.28.